The van der Waals surface area contributed by atoms with Gasteiger partial charge in [0.05, 0.1) is 0 Å². The number of hydrogen-bond donors (Lipinski definition) is 2. The molecule has 0 aliphatic heterocycles. The van der Waals surface area contributed by atoms with Crippen LogP contribution in [0.3, 0.4) is 0 Å². The first kappa shape index (κ1) is 17.5. The maximum absolute atomic E-state index is 10.1. The third-order valence-electron chi connectivity index (χ3n) is 2.24. The highest BCUT2D eigenvalue weighted by molar-refractivity contribution is 5.84. The molecule has 0 aliphatic carbocycles. The monoisotopic (exact) mass is 268 g/mol. The van der Waals surface area contributed by atoms with Crippen LogP contribution in [-0.2, 0) is 0 Å². The van der Waals surface area contributed by atoms with Crippen molar-refractivity contribution in [2.75, 3.05) is 0 Å². The van der Waals surface area contributed by atoms with E-state index in [0.29, 0.717) is 0 Å². The number of nitrogens with zero attached hydrogens (tertiary/aromatic N) is 3. The molecule has 0 saturated carbocycles. The van der Waals surface area contributed by atoms with E-state index in [0.717, 1.165) is 0 Å². The molecule has 1 heterocycles. The molecule has 0 spiro atoms. The average Bonchev–Trinajstić information content (AvgIpc) is 2.27. The van der Waals surface area contributed by atoms with E-state index in [1.165, 1.54) is 18.3 Å². The Hall–Kier alpha value is -1.53. The third kappa shape index (κ3) is 6.83. The fraction of sp³-hybridized carbons (Fsp3) is 0.615. The van der Waals surface area contributed by atoms with E-state index in [4.69, 9.17) is 10.9 Å². The van der Waals surface area contributed by atoms with Gasteiger partial charge in [-0.15, -0.1) is 5.10 Å². The molecule has 0 saturated heterocycles. The van der Waals surface area contributed by atoms with E-state index in [1.807, 2.05) is 5.01 Å². The number of hydrogen-bond acceptors (Lipinski definition) is 5. The third-order valence-corrected chi connectivity index (χ3v) is 2.24. The number of rotatable bonds is 1. The summed E-state index contributed by atoms with van der Waals surface area (Å²) < 4.78 is 0. The summed E-state index contributed by atoms with van der Waals surface area (Å²) in [6.07, 6.45) is 1.42. The van der Waals surface area contributed by atoms with E-state index < -0.39 is 5.97 Å². The van der Waals surface area contributed by atoms with Crippen molar-refractivity contribution in [1.29, 1.82) is 0 Å². The fourth-order valence-electron chi connectivity index (χ4n) is 1.42. The van der Waals surface area contributed by atoms with Gasteiger partial charge in [0.15, 0.2) is 5.69 Å². The molecule has 1 rings (SSSR count). The van der Waals surface area contributed by atoms with Gasteiger partial charge in [0.1, 0.15) is 0 Å². The Morgan fingerprint density at radius 2 is 1.68 bits per heavy atom. The van der Waals surface area contributed by atoms with Gasteiger partial charge in [-0.2, -0.15) is 5.10 Å². The lowest BCUT2D eigenvalue weighted by Gasteiger charge is -2.41. The van der Waals surface area contributed by atoms with E-state index in [2.05, 4.69) is 51.7 Å². The standard InChI is InChI=1S/C8H20N2.C5H4N2O2/c1-7(2,3)10(9)8(4,5)6;8-5(9)4-2-1-3-6-7-4/h9H2,1-6H3;1-3H,(H,8,9). The Morgan fingerprint density at radius 3 is 1.84 bits per heavy atom. The van der Waals surface area contributed by atoms with Crippen LogP contribution in [0.25, 0.3) is 0 Å². The summed E-state index contributed by atoms with van der Waals surface area (Å²) >= 11 is 0. The van der Waals surface area contributed by atoms with Crippen molar-refractivity contribution in [3.63, 3.8) is 0 Å². The number of carboxylic acids is 1. The minimum Gasteiger partial charge on any atom is -0.476 e. The summed E-state index contributed by atoms with van der Waals surface area (Å²) in [5, 5.41) is 16.9. The van der Waals surface area contributed by atoms with Gasteiger partial charge < -0.3 is 5.11 Å². The van der Waals surface area contributed by atoms with Gasteiger partial charge in [-0.25, -0.2) is 9.80 Å². The Balaban J connectivity index is 0.000000342. The SMILES string of the molecule is CC(C)(C)N(N)C(C)(C)C.O=C(O)c1cccnn1. The maximum Gasteiger partial charge on any atom is 0.356 e. The van der Waals surface area contributed by atoms with E-state index in [-0.39, 0.29) is 16.8 Å². The quantitative estimate of drug-likeness (QED) is 0.597. The minimum atomic E-state index is -1.05. The molecule has 0 radical (unpaired) electrons. The molecule has 1 aromatic rings. The Morgan fingerprint density at radius 1 is 1.21 bits per heavy atom. The van der Waals surface area contributed by atoms with Crippen molar-refractivity contribution in [2.45, 2.75) is 52.6 Å². The summed E-state index contributed by atoms with van der Waals surface area (Å²) in [4.78, 5) is 10.1. The number of aromatic carboxylic acids is 1. The predicted octanol–water partition coefficient (Wildman–Crippen LogP) is 1.93. The Bertz CT molecular complexity index is 379. The molecule has 0 aliphatic rings. The fourth-order valence-corrected chi connectivity index (χ4v) is 1.42. The molecule has 0 unspecified atom stereocenters. The van der Waals surface area contributed by atoms with Crippen LogP contribution in [0.5, 0.6) is 0 Å². The highest BCUT2D eigenvalue weighted by Crippen LogP contribution is 2.19. The molecule has 108 valence electrons. The van der Waals surface area contributed by atoms with Crippen molar-refractivity contribution in [1.82, 2.24) is 15.2 Å². The van der Waals surface area contributed by atoms with Crippen LogP contribution in [0.2, 0.25) is 0 Å². The zero-order valence-electron chi connectivity index (χ0n) is 12.5. The highest BCUT2D eigenvalue weighted by atomic mass is 16.4. The molecule has 0 bridgehead atoms. The molecule has 19 heavy (non-hydrogen) atoms. The van der Waals surface area contributed by atoms with Gasteiger partial charge in [-0.05, 0) is 53.7 Å². The van der Waals surface area contributed by atoms with Gasteiger partial charge >= 0.3 is 5.97 Å². The van der Waals surface area contributed by atoms with Crippen LogP contribution in [0.15, 0.2) is 18.3 Å². The minimum absolute atomic E-state index is 0.0301. The topological polar surface area (TPSA) is 92.3 Å². The van der Waals surface area contributed by atoms with Crippen LogP contribution < -0.4 is 5.84 Å². The van der Waals surface area contributed by atoms with Crippen molar-refractivity contribution in [2.24, 2.45) is 5.84 Å². The van der Waals surface area contributed by atoms with Gasteiger partial charge in [-0.3, -0.25) is 5.84 Å². The molecule has 0 amide bonds. The zero-order chi connectivity index (χ0) is 15.3. The molecule has 3 N–H and O–H groups in total. The molecule has 0 aromatic carbocycles. The summed E-state index contributed by atoms with van der Waals surface area (Å²) in [7, 11) is 0. The van der Waals surface area contributed by atoms with Crippen molar-refractivity contribution in [3.05, 3.63) is 24.0 Å². The molecular weight excluding hydrogens is 244 g/mol. The largest absolute Gasteiger partial charge is 0.476 e. The van der Waals surface area contributed by atoms with Crippen molar-refractivity contribution < 1.29 is 9.90 Å². The number of hydrazine groups is 1. The smallest absolute Gasteiger partial charge is 0.356 e. The molecule has 6 heteroatoms. The molecule has 6 nitrogen and oxygen atoms in total. The Kier molecular flexibility index (Phi) is 6.05. The van der Waals surface area contributed by atoms with Crippen molar-refractivity contribution >= 4 is 5.97 Å². The Labute approximate surface area is 114 Å². The van der Waals surface area contributed by atoms with Gasteiger partial charge in [-0.1, -0.05) is 0 Å². The average molecular weight is 268 g/mol. The van der Waals surface area contributed by atoms with Gasteiger partial charge in [0.25, 0.3) is 0 Å². The lowest BCUT2D eigenvalue weighted by atomic mass is 9.99. The van der Waals surface area contributed by atoms with Crippen LogP contribution in [0.1, 0.15) is 52.0 Å². The van der Waals surface area contributed by atoms with E-state index in [1.54, 1.807) is 0 Å². The van der Waals surface area contributed by atoms with E-state index in [9.17, 15) is 4.79 Å². The molecule has 0 atom stereocenters. The van der Waals surface area contributed by atoms with Gasteiger partial charge in [0, 0.05) is 17.3 Å². The highest BCUT2D eigenvalue weighted by Gasteiger charge is 2.28. The number of carboxylic acid groups (broad SMARTS) is 1. The van der Waals surface area contributed by atoms with Crippen LogP contribution in [0.4, 0.5) is 0 Å². The lowest BCUT2D eigenvalue weighted by Crippen LogP contribution is -2.56. The van der Waals surface area contributed by atoms with Crippen LogP contribution in [-0.4, -0.2) is 37.4 Å². The van der Waals surface area contributed by atoms with E-state index >= 15 is 0 Å². The first-order valence-electron chi connectivity index (χ1n) is 6.02. The number of carbonyl (C=O) groups is 1. The lowest BCUT2D eigenvalue weighted by molar-refractivity contribution is 0.0381. The number of aromatic nitrogens is 2. The predicted molar refractivity (Wildman–Crippen MR) is 74.5 cm³/mol. The molecule has 0 fully saturated rings. The normalized spacial score (nSPS) is 11.8. The first-order valence-corrected chi connectivity index (χ1v) is 6.02. The summed E-state index contributed by atoms with van der Waals surface area (Å²) in [6, 6.07) is 2.91. The van der Waals surface area contributed by atoms with Crippen LogP contribution in [0, 0.1) is 0 Å². The second-order valence-corrected chi connectivity index (χ2v) is 6.13. The van der Waals surface area contributed by atoms with Gasteiger partial charge in [0.2, 0.25) is 0 Å². The second-order valence-electron chi connectivity index (χ2n) is 6.13. The summed E-state index contributed by atoms with van der Waals surface area (Å²) in [5.41, 5.74) is 0.0775. The summed E-state index contributed by atoms with van der Waals surface area (Å²) in [6.45, 7) is 12.7. The van der Waals surface area contributed by atoms with Crippen molar-refractivity contribution in [3.8, 4) is 0 Å². The number of nitrogens with two attached hydrogens (primary N) is 1. The molecular formula is C13H24N4O2. The second kappa shape index (κ2) is 6.58. The summed E-state index contributed by atoms with van der Waals surface area (Å²) in [5.74, 6) is 4.81. The molecule has 1 aromatic heterocycles. The first-order chi connectivity index (χ1) is 8.46. The zero-order valence-corrected chi connectivity index (χ0v) is 12.5. The van der Waals surface area contributed by atoms with Crippen LogP contribution >= 0.6 is 0 Å². The maximum atomic E-state index is 10.1.